The Morgan fingerprint density at radius 3 is 2.55 bits per heavy atom. The summed E-state index contributed by atoms with van der Waals surface area (Å²) in [6.07, 6.45) is 0. The van der Waals surface area contributed by atoms with Crippen molar-refractivity contribution in [3.05, 3.63) is 0 Å². The molecule has 68 valence electrons. The molecule has 0 aliphatic carbocycles. The van der Waals surface area contributed by atoms with E-state index in [1.807, 2.05) is 0 Å². The molecule has 0 aliphatic rings. The Hall–Kier alpha value is 0.0300. The van der Waals surface area contributed by atoms with Gasteiger partial charge in [-0.3, -0.25) is 4.79 Å². The molecular formula is C5H13ClN2O2S. The number of aliphatic carboxylic acids is 1. The van der Waals surface area contributed by atoms with Gasteiger partial charge in [0.05, 0.1) is 0 Å². The predicted molar refractivity (Wildman–Crippen MR) is 49.6 cm³/mol. The zero-order valence-corrected chi connectivity index (χ0v) is 7.70. The fraction of sp³-hybridized carbons (Fsp3) is 0.800. The number of nitrogens with one attached hydrogen (secondary N) is 1. The highest BCUT2D eigenvalue weighted by Gasteiger charge is 2.12. The topological polar surface area (TPSA) is 75.3 Å². The van der Waals surface area contributed by atoms with Gasteiger partial charge in [0.1, 0.15) is 6.04 Å². The lowest BCUT2D eigenvalue weighted by Gasteiger charge is -2.09. The van der Waals surface area contributed by atoms with Crippen LogP contribution in [0.2, 0.25) is 0 Å². The van der Waals surface area contributed by atoms with Gasteiger partial charge in [0.15, 0.2) is 0 Å². The van der Waals surface area contributed by atoms with E-state index in [1.54, 1.807) is 0 Å². The maximum Gasteiger partial charge on any atom is 0.321 e. The Morgan fingerprint density at radius 1 is 1.73 bits per heavy atom. The van der Waals surface area contributed by atoms with E-state index in [1.165, 1.54) is 0 Å². The van der Waals surface area contributed by atoms with Gasteiger partial charge in [0.25, 0.3) is 0 Å². The number of nitrogens with two attached hydrogens (primary N) is 1. The van der Waals surface area contributed by atoms with Crippen LogP contribution in [0.5, 0.6) is 0 Å². The summed E-state index contributed by atoms with van der Waals surface area (Å²) in [5, 5.41) is 11.2. The molecule has 0 unspecified atom stereocenters. The summed E-state index contributed by atoms with van der Waals surface area (Å²) in [7, 11) is 0. The van der Waals surface area contributed by atoms with E-state index < -0.39 is 12.0 Å². The summed E-state index contributed by atoms with van der Waals surface area (Å²) in [6.45, 7) is 0.953. The van der Waals surface area contributed by atoms with Crippen LogP contribution in [0.4, 0.5) is 0 Å². The highest BCUT2D eigenvalue weighted by Crippen LogP contribution is 1.86. The van der Waals surface area contributed by atoms with Crippen molar-refractivity contribution < 1.29 is 9.90 Å². The van der Waals surface area contributed by atoms with Crippen molar-refractivity contribution in [1.29, 1.82) is 0 Å². The molecule has 4 nitrogen and oxygen atoms in total. The number of rotatable bonds is 5. The Morgan fingerprint density at radius 2 is 2.27 bits per heavy atom. The molecule has 0 rings (SSSR count). The second kappa shape index (κ2) is 8.13. The molecule has 0 spiro atoms. The normalized spacial score (nSPS) is 11.8. The number of halogens is 1. The minimum atomic E-state index is -0.886. The van der Waals surface area contributed by atoms with Crippen molar-refractivity contribution >= 4 is 31.0 Å². The van der Waals surface area contributed by atoms with Crippen molar-refractivity contribution in [2.24, 2.45) is 5.73 Å². The summed E-state index contributed by atoms with van der Waals surface area (Å²) in [5.41, 5.74) is 5.15. The van der Waals surface area contributed by atoms with Crippen molar-refractivity contribution in [2.75, 3.05) is 18.8 Å². The van der Waals surface area contributed by atoms with Gasteiger partial charge >= 0.3 is 5.97 Å². The van der Waals surface area contributed by atoms with Gasteiger partial charge in [-0.25, -0.2) is 0 Å². The second-order valence-corrected chi connectivity index (χ2v) is 2.18. The van der Waals surface area contributed by atoms with E-state index in [9.17, 15) is 4.79 Å². The van der Waals surface area contributed by atoms with Crippen LogP contribution >= 0.6 is 25.0 Å². The van der Waals surface area contributed by atoms with Crippen molar-refractivity contribution in [1.82, 2.24) is 5.32 Å². The number of carboxylic acid groups (broad SMARTS) is 1. The van der Waals surface area contributed by atoms with Gasteiger partial charge in [0, 0.05) is 18.8 Å². The smallest absolute Gasteiger partial charge is 0.321 e. The highest BCUT2D eigenvalue weighted by molar-refractivity contribution is 7.80. The maximum absolute atomic E-state index is 10.3. The van der Waals surface area contributed by atoms with Gasteiger partial charge in [-0.2, -0.15) is 12.6 Å². The number of hydrogen-bond donors (Lipinski definition) is 4. The lowest BCUT2D eigenvalue weighted by atomic mass is 10.3. The first-order chi connectivity index (χ1) is 4.72. The fourth-order valence-electron chi connectivity index (χ4n) is 0.488. The first-order valence-electron chi connectivity index (χ1n) is 2.99. The third-order valence-corrected chi connectivity index (χ3v) is 1.38. The van der Waals surface area contributed by atoms with Crippen LogP contribution in [0.3, 0.4) is 0 Å². The second-order valence-electron chi connectivity index (χ2n) is 1.82. The molecule has 0 bridgehead atoms. The molecule has 1 atom stereocenters. The molecule has 0 saturated heterocycles. The van der Waals surface area contributed by atoms with Crippen molar-refractivity contribution in [3.63, 3.8) is 0 Å². The van der Waals surface area contributed by atoms with Gasteiger partial charge in [-0.15, -0.1) is 12.4 Å². The first kappa shape index (κ1) is 13.6. The molecule has 0 aromatic heterocycles. The molecule has 0 aromatic carbocycles. The van der Waals surface area contributed by atoms with E-state index in [-0.39, 0.29) is 18.2 Å². The number of hydrogen-bond acceptors (Lipinski definition) is 4. The molecule has 0 aliphatic heterocycles. The molecule has 4 N–H and O–H groups in total. The molecule has 0 aromatic rings. The summed E-state index contributed by atoms with van der Waals surface area (Å²) in [4.78, 5) is 10.3. The maximum atomic E-state index is 10.3. The van der Waals surface area contributed by atoms with Crippen LogP contribution in [0, 0.1) is 0 Å². The quantitative estimate of drug-likeness (QED) is 0.445. The zero-order chi connectivity index (χ0) is 7.98. The number of carbonyl (C=O) groups is 1. The Bertz CT molecular complexity index is 115. The Kier molecular flexibility index (Phi) is 10.1. The SMILES string of the molecule is Cl.NCCN[C@@H](CS)C(=O)O. The third kappa shape index (κ3) is 6.43. The van der Waals surface area contributed by atoms with Crippen LogP contribution < -0.4 is 11.1 Å². The standard InChI is InChI=1S/C5H12N2O2S.ClH/c6-1-2-7-4(3-10)5(8)9;/h4,7,10H,1-3,6H2,(H,8,9);1H/t4-;/m0./s1. The Labute approximate surface area is 77.4 Å². The van der Waals surface area contributed by atoms with Crippen molar-refractivity contribution in [2.45, 2.75) is 6.04 Å². The summed E-state index contributed by atoms with van der Waals surface area (Å²) in [5.74, 6) is -0.599. The number of thiol groups is 1. The predicted octanol–water partition coefficient (Wildman–Crippen LogP) is -0.661. The van der Waals surface area contributed by atoms with E-state index in [4.69, 9.17) is 10.8 Å². The van der Waals surface area contributed by atoms with Crippen LogP contribution in [-0.4, -0.2) is 36.0 Å². The van der Waals surface area contributed by atoms with E-state index >= 15 is 0 Å². The summed E-state index contributed by atoms with van der Waals surface area (Å²) >= 11 is 3.84. The molecular weight excluding hydrogens is 188 g/mol. The van der Waals surface area contributed by atoms with Crippen LogP contribution in [0.25, 0.3) is 0 Å². The van der Waals surface area contributed by atoms with Crippen LogP contribution in [0.1, 0.15) is 0 Å². The fourth-order valence-corrected chi connectivity index (χ4v) is 0.773. The van der Waals surface area contributed by atoms with Gasteiger partial charge in [-0.1, -0.05) is 0 Å². The van der Waals surface area contributed by atoms with Crippen LogP contribution in [0.15, 0.2) is 0 Å². The Balaban J connectivity index is 0. The zero-order valence-electron chi connectivity index (χ0n) is 5.99. The largest absolute Gasteiger partial charge is 0.480 e. The molecule has 0 radical (unpaired) electrons. The minimum Gasteiger partial charge on any atom is -0.480 e. The first-order valence-corrected chi connectivity index (χ1v) is 3.62. The molecule has 11 heavy (non-hydrogen) atoms. The molecule has 0 fully saturated rings. The average Bonchev–Trinajstić information content (AvgIpc) is 1.89. The number of carboxylic acids is 1. The molecule has 6 heteroatoms. The van der Waals surface area contributed by atoms with Crippen molar-refractivity contribution in [3.8, 4) is 0 Å². The molecule has 0 saturated carbocycles. The summed E-state index contributed by atoms with van der Waals surface area (Å²) in [6, 6.07) is -0.577. The van der Waals surface area contributed by atoms with Gasteiger partial charge in [-0.05, 0) is 0 Å². The van der Waals surface area contributed by atoms with Crippen LogP contribution in [-0.2, 0) is 4.79 Å². The average molecular weight is 201 g/mol. The molecule has 0 heterocycles. The molecule has 0 amide bonds. The monoisotopic (exact) mass is 200 g/mol. The van der Waals surface area contributed by atoms with Gasteiger partial charge < -0.3 is 16.2 Å². The lowest BCUT2D eigenvalue weighted by molar-refractivity contribution is -0.138. The minimum absolute atomic E-state index is 0. The van der Waals surface area contributed by atoms with E-state index in [0.717, 1.165) is 0 Å². The summed E-state index contributed by atoms with van der Waals surface area (Å²) < 4.78 is 0. The third-order valence-electron chi connectivity index (χ3n) is 1.02. The van der Waals surface area contributed by atoms with E-state index in [0.29, 0.717) is 13.1 Å². The van der Waals surface area contributed by atoms with Gasteiger partial charge in [0.2, 0.25) is 0 Å². The highest BCUT2D eigenvalue weighted by atomic mass is 35.5. The lowest BCUT2D eigenvalue weighted by Crippen LogP contribution is -2.40. The van der Waals surface area contributed by atoms with E-state index in [2.05, 4.69) is 17.9 Å².